The molecule has 0 spiro atoms. The number of aryl methyl sites for hydroxylation is 2. The summed E-state index contributed by atoms with van der Waals surface area (Å²) in [7, 11) is 0. The van der Waals surface area contributed by atoms with Gasteiger partial charge < -0.3 is 0 Å². The Morgan fingerprint density at radius 3 is 2.78 bits per heavy atom. The van der Waals surface area contributed by atoms with Crippen LogP contribution in [0.25, 0.3) is 10.9 Å². The van der Waals surface area contributed by atoms with Crippen molar-refractivity contribution in [2.24, 2.45) is 0 Å². The van der Waals surface area contributed by atoms with Gasteiger partial charge in [-0.1, -0.05) is 11.6 Å². The Balaban J connectivity index is 1.87. The first-order chi connectivity index (χ1) is 11.1. The highest BCUT2D eigenvalue weighted by Crippen LogP contribution is 2.40. The second kappa shape index (κ2) is 5.15. The van der Waals surface area contributed by atoms with E-state index in [0.29, 0.717) is 17.4 Å². The van der Waals surface area contributed by atoms with Gasteiger partial charge in [0.15, 0.2) is 0 Å². The Kier molecular flexibility index (Phi) is 3.11. The quantitative estimate of drug-likeness (QED) is 0.779. The van der Waals surface area contributed by atoms with Crippen molar-refractivity contribution in [3.05, 3.63) is 46.9 Å². The van der Waals surface area contributed by atoms with Crippen molar-refractivity contribution in [1.29, 1.82) is 0 Å². The van der Waals surface area contributed by atoms with Crippen molar-refractivity contribution >= 4 is 22.8 Å². The van der Waals surface area contributed by atoms with Crippen LogP contribution in [0, 0.1) is 13.8 Å². The smallest absolute Gasteiger partial charge is 0.258 e. The number of H-pyrrole nitrogens is 1. The predicted molar refractivity (Wildman–Crippen MR) is 87.5 cm³/mol. The molecule has 4 rings (SSSR count). The number of nitrogens with zero attached hydrogens (tertiary/aromatic N) is 3. The SMILES string of the molecule is Cc1cc(C)c2nc(C3CC3)cc(C(=O)Nc3ncn[nH]3)c2c1. The van der Waals surface area contributed by atoms with E-state index in [1.165, 1.54) is 6.33 Å². The number of nitrogens with one attached hydrogen (secondary N) is 2. The number of carbonyl (C=O) groups is 1. The Bertz CT molecular complexity index is 897. The number of hydrogen-bond acceptors (Lipinski definition) is 4. The Labute approximate surface area is 133 Å². The first-order valence-electron chi connectivity index (χ1n) is 7.70. The van der Waals surface area contributed by atoms with Crippen LogP contribution in [0.3, 0.4) is 0 Å². The largest absolute Gasteiger partial charge is 0.291 e. The normalized spacial score (nSPS) is 14.2. The van der Waals surface area contributed by atoms with E-state index >= 15 is 0 Å². The summed E-state index contributed by atoms with van der Waals surface area (Å²) in [4.78, 5) is 21.5. The number of carbonyl (C=O) groups excluding carboxylic acids is 1. The molecule has 0 saturated heterocycles. The number of rotatable bonds is 3. The van der Waals surface area contributed by atoms with Crippen molar-refractivity contribution < 1.29 is 4.79 Å². The standard InChI is InChI=1S/C17H17N5O/c1-9-5-10(2)15-12(6-9)13(7-14(20-15)11-3-4-11)16(23)21-17-18-8-19-22-17/h5-8,11H,3-4H2,1-2H3,(H2,18,19,21,22,23). The van der Waals surface area contributed by atoms with Crippen LogP contribution in [0.1, 0.15) is 45.9 Å². The molecule has 0 radical (unpaired) electrons. The summed E-state index contributed by atoms with van der Waals surface area (Å²) in [5.74, 6) is 0.635. The molecule has 1 saturated carbocycles. The zero-order chi connectivity index (χ0) is 16.0. The molecule has 0 bridgehead atoms. The highest BCUT2D eigenvalue weighted by molar-refractivity contribution is 6.12. The number of amides is 1. The average molecular weight is 307 g/mol. The van der Waals surface area contributed by atoms with Crippen LogP contribution in [0.15, 0.2) is 24.5 Å². The van der Waals surface area contributed by atoms with Gasteiger partial charge >= 0.3 is 0 Å². The van der Waals surface area contributed by atoms with E-state index in [1.54, 1.807) is 0 Å². The monoisotopic (exact) mass is 307 g/mol. The van der Waals surface area contributed by atoms with Crippen molar-refractivity contribution in [1.82, 2.24) is 20.2 Å². The fraction of sp³-hybridized carbons (Fsp3) is 0.294. The lowest BCUT2D eigenvalue weighted by atomic mass is 10.0. The van der Waals surface area contributed by atoms with E-state index in [1.807, 2.05) is 26.0 Å². The summed E-state index contributed by atoms with van der Waals surface area (Å²) < 4.78 is 0. The molecule has 1 aromatic carbocycles. The van der Waals surface area contributed by atoms with Gasteiger partial charge in [0.05, 0.1) is 11.1 Å². The fourth-order valence-corrected chi connectivity index (χ4v) is 2.92. The minimum absolute atomic E-state index is 0.193. The maximum absolute atomic E-state index is 12.7. The molecule has 3 aromatic rings. The van der Waals surface area contributed by atoms with E-state index in [9.17, 15) is 4.79 Å². The Morgan fingerprint density at radius 1 is 1.26 bits per heavy atom. The lowest BCUT2D eigenvalue weighted by molar-refractivity contribution is 0.102. The molecule has 1 amide bonds. The first-order valence-corrected chi connectivity index (χ1v) is 7.70. The molecule has 1 aliphatic carbocycles. The van der Waals surface area contributed by atoms with Crippen molar-refractivity contribution in [2.45, 2.75) is 32.6 Å². The molecule has 116 valence electrons. The van der Waals surface area contributed by atoms with Crippen LogP contribution >= 0.6 is 0 Å². The average Bonchev–Trinajstić information content (AvgIpc) is 3.24. The first kappa shape index (κ1) is 13.9. The maximum Gasteiger partial charge on any atom is 0.258 e. The molecule has 6 nitrogen and oxygen atoms in total. The third-order valence-corrected chi connectivity index (χ3v) is 4.16. The molecule has 1 fully saturated rings. The maximum atomic E-state index is 12.7. The molecule has 1 aliphatic rings. The van der Waals surface area contributed by atoms with Gasteiger partial charge in [0.1, 0.15) is 6.33 Å². The highest BCUT2D eigenvalue weighted by atomic mass is 16.1. The van der Waals surface area contributed by atoms with E-state index in [2.05, 4.69) is 26.6 Å². The highest BCUT2D eigenvalue weighted by Gasteiger charge is 2.27. The second-order valence-electron chi connectivity index (χ2n) is 6.14. The summed E-state index contributed by atoms with van der Waals surface area (Å²) in [5, 5.41) is 10.0. The zero-order valence-corrected chi connectivity index (χ0v) is 13.1. The summed E-state index contributed by atoms with van der Waals surface area (Å²) >= 11 is 0. The number of fused-ring (bicyclic) bond motifs is 1. The lowest BCUT2D eigenvalue weighted by Gasteiger charge is -2.11. The number of aromatic nitrogens is 4. The van der Waals surface area contributed by atoms with E-state index < -0.39 is 0 Å². The van der Waals surface area contributed by atoms with Gasteiger partial charge in [0, 0.05) is 17.0 Å². The predicted octanol–water partition coefficient (Wildman–Crippen LogP) is 3.10. The molecule has 0 atom stereocenters. The lowest BCUT2D eigenvalue weighted by Crippen LogP contribution is -2.14. The van der Waals surface area contributed by atoms with E-state index in [0.717, 1.165) is 40.6 Å². The number of benzene rings is 1. The molecule has 23 heavy (non-hydrogen) atoms. The number of pyridine rings is 1. The summed E-state index contributed by atoms with van der Waals surface area (Å²) in [6.45, 7) is 4.07. The minimum Gasteiger partial charge on any atom is -0.291 e. The van der Waals surface area contributed by atoms with Crippen LogP contribution in [-0.4, -0.2) is 26.1 Å². The van der Waals surface area contributed by atoms with Gasteiger partial charge in [-0.05, 0) is 44.4 Å². The summed E-state index contributed by atoms with van der Waals surface area (Å²) in [6, 6.07) is 6.04. The van der Waals surface area contributed by atoms with E-state index in [4.69, 9.17) is 4.98 Å². The number of hydrogen-bond donors (Lipinski definition) is 2. The van der Waals surface area contributed by atoms with Crippen LogP contribution in [0.2, 0.25) is 0 Å². The number of aromatic amines is 1. The molecule has 2 aromatic heterocycles. The fourth-order valence-electron chi connectivity index (χ4n) is 2.92. The van der Waals surface area contributed by atoms with Crippen molar-refractivity contribution in [3.63, 3.8) is 0 Å². The van der Waals surface area contributed by atoms with Gasteiger partial charge in [-0.15, -0.1) is 0 Å². The molecular weight excluding hydrogens is 290 g/mol. The van der Waals surface area contributed by atoms with Crippen molar-refractivity contribution in [3.8, 4) is 0 Å². The molecule has 2 N–H and O–H groups in total. The van der Waals surface area contributed by atoms with Gasteiger partial charge in [-0.3, -0.25) is 15.1 Å². The van der Waals surface area contributed by atoms with Gasteiger partial charge in [-0.2, -0.15) is 10.1 Å². The molecule has 0 aliphatic heterocycles. The van der Waals surface area contributed by atoms with Gasteiger partial charge in [0.25, 0.3) is 5.91 Å². The van der Waals surface area contributed by atoms with Crippen LogP contribution in [0.5, 0.6) is 0 Å². The van der Waals surface area contributed by atoms with Gasteiger partial charge in [-0.25, -0.2) is 5.10 Å². The zero-order valence-electron chi connectivity index (χ0n) is 13.1. The van der Waals surface area contributed by atoms with Crippen LogP contribution in [-0.2, 0) is 0 Å². The van der Waals surface area contributed by atoms with Crippen molar-refractivity contribution in [2.75, 3.05) is 5.32 Å². The van der Waals surface area contributed by atoms with E-state index in [-0.39, 0.29) is 5.91 Å². The number of anilines is 1. The summed E-state index contributed by atoms with van der Waals surface area (Å²) in [5.41, 5.74) is 4.76. The Hall–Kier alpha value is -2.76. The second-order valence-corrected chi connectivity index (χ2v) is 6.14. The molecular formula is C17H17N5O. The third kappa shape index (κ3) is 2.56. The topological polar surface area (TPSA) is 83.6 Å². The molecule has 2 heterocycles. The Morgan fingerprint density at radius 2 is 2.09 bits per heavy atom. The third-order valence-electron chi connectivity index (χ3n) is 4.16. The minimum atomic E-state index is -0.193. The molecule has 6 heteroatoms. The molecule has 0 unspecified atom stereocenters. The van der Waals surface area contributed by atoms with Crippen LogP contribution in [0.4, 0.5) is 5.95 Å². The van der Waals surface area contributed by atoms with Crippen LogP contribution < -0.4 is 5.32 Å². The summed E-state index contributed by atoms with van der Waals surface area (Å²) in [6.07, 6.45) is 3.66. The van der Waals surface area contributed by atoms with Gasteiger partial charge in [0.2, 0.25) is 5.95 Å².